The Morgan fingerprint density at radius 1 is 1.41 bits per heavy atom. The molecule has 0 aliphatic carbocycles. The lowest BCUT2D eigenvalue weighted by Crippen LogP contribution is -2.23. The van der Waals surface area contributed by atoms with Crippen molar-refractivity contribution in [1.82, 2.24) is 0 Å². The third kappa shape index (κ3) is 4.63. The van der Waals surface area contributed by atoms with Crippen molar-refractivity contribution >= 4 is 15.9 Å². The van der Waals surface area contributed by atoms with Gasteiger partial charge in [0.1, 0.15) is 18.5 Å². The van der Waals surface area contributed by atoms with E-state index in [9.17, 15) is 5.11 Å². The van der Waals surface area contributed by atoms with Crippen LogP contribution < -0.4 is 10.5 Å². The summed E-state index contributed by atoms with van der Waals surface area (Å²) in [6, 6.07) is 5.56. The summed E-state index contributed by atoms with van der Waals surface area (Å²) >= 11 is 3.38. The molecule has 1 aromatic rings. The van der Waals surface area contributed by atoms with Crippen LogP contribution >= 0.6 is 15.9 Å². The highest BCUT2D eigenvalue weighted by Gasteiger charge is 2.11. The molecule has 0 fully saturated rings. The van der Waals surface area contributed by atoms with Crippen molar-refractivity contribution in [2.45, 2.75) is 19.1 Å². The second-order valence-corrected chi connectivity index (χ2v) is 4.81. The fourth-order valence-electron chi connectivity index (χ4n) is 1.44. The van der Waals surface area contributed by atoms with Gasteiger partial charge in [0.25, 0.3) is 0 Å². The fraction of sp³-hybridized carbons (Fsp3) is 0.500. The molecular formula is C12H18BrNO3. The number of ether oxygens (including phenoxy) is 2. The van der Waals surface area contributed by atoms with Crippen molar-refractivity contribution in [3.8, 4) is 5.75 Å². The molecule has 17 heavy (non-hydrogen) atoms. The van der Waals surface area contributed by atoms with Gasteiger partial charge in [0.2, 0.25) is 0 Å². The first-order valence-electron chi connectivity index (χ1n) is 5.39. The molecule has 96 valence electrons. The normalized spacial score (nSPS) is 14.4. The second-order valence-electron chi connectivity index (χ2n) is 3.89. The molecule has 0 radical (unpaired) electrons. The fourth-order valence-corrected chi connectivity index (χ4v) is 1.78. The van der Waals surface area contributed by atoms with Crippen molar-refractivity contribution in [3.63, 3.8) is 0 Å². The van der Waals surface area contributed by atoms with Crippen molar-refractivity contribution < 1.29 is 14.6 Å². The molecule has 4 nitrogen and oxygen atoms in total. The highest BCUT2D eigenvalue weighted by molar-refractivity contribution is 9.10. The highest BCUT2D eigenvalue weighted by atomic mass is 79.9. The van der Waals surface area contributed by atoms with Gasteiger partial charge in [-0.1, -0.05) is 22.0 Å². The van der Waals surface area contributed by atoms with Gasteiger partial charge in [-0.2, -0.15) is 0 Å². The molecule has 0 aliphatic rings. The smallest absolute Gasteiger partial charge is 0.125 e. The molecular weight excluding hydrogens is 286 g/mol. The van der Waals surface area contributed by atoms with Crippen molar-refractivity contribution in [3.05, 3.63) is 28.2 Å². The predicted molar refractivity (Wildman–Crippen MR) is 70.1 cm³/mol. The Bertz CT molecular complexity index is 358. The predicted octanol–water partition coefficient (Wildman–Crippen LogP) is 1.85. The van der Waals surface area contributed by atoms with E-state index in [0.717, 1.165) is 10.0 Å². The molecule has 0 heterocycles. The monoisotopic (exact) mass is 303 g/mol. The lowest BCUT2D eigenvalue weighted by Gasteiger charge is -2.16. The van der Waals surface area contributed by atoms with E-state index in [4.69, 9.17) is 15.2 Å². The van der Waals surface area contributed by atoms with Gasteiger partial charge in [-0.25, -0.2) is 0 Å². The van der Waals surface area contributed by atoms with E-state index >= 15 is 0 Å². The third-order valence-electron chi connectivity index (χ3n) is 2.26. The summed E-state index contributed by atoms with van der Waals surface area (Å²) in [5, 5.41) is 9.52. The number of hydrogen-bond donors (Lipinski definition) is 2. The van der Waals surface area contributed by atoms with E-state index < -0.39 is 6.10 Å². The van der Waals surface area contributed by atoms with Crippen LogP contribution in [0.25, 0.3) is 0 Å². The number of aliphatic hydroxyl groups excluding tert-OH is 1. The van der Waals surface area contributed by atoms with Gasteiger partial charge in [-0.15, -0.1) is 0 Å². The quantitative estimate of drug-likeness (QED) is 0.842. The molecule has 1 aromatic carbocycles. The molecule has 0 aliphatic heterocycles. The SMILES string of the molecule is COCC(O)COc1cc(Br)ccc1[C@@H](C)N. The van der Waals surface area contributed by atoms with Gasteiger partial charge in [-0.05, 0) is 19.1 Å². The first-order chi connectivity index (χ1) is 8.04. The Morgan fingerprint density at radius 2 is 2.12 bits per heavy atom. The van der Waals surface area contributed by atoms with E-state index in [1.165, 1.54) is 7.11 Å². The Labute approximate surface area is 110 Å². The number of methoxy groups -OCH3 is 1. The van der Waals surface area contributed by atoms with Gasteiger partial charge in [0.05, 0.1) is 6.61 Å². The Balaban J connectivity index is 2.71. The second kappa shape index (κ2) is 6.96. The summed E-state index contributed by atoms with van der Waals surface area (Å²) in [5.74, 6) is 0.685. The largest absolute Gasteiger partial charge is 0.490 e. The third-order valence-corrected chi connectivity index (χ3v) is 2.75. The highest BCUT2D eigenvalue weighted by Crippen LogP contribution is 2.27. The summed E-state index contributed by atoms with van der Waals surface area (Å²) in [5.41, 5.74) is 6.76. The van der Waals surface area contributed by atoms with Gasteiger partial charge < -0.3 is 20.3 Å². The number of aliphatic hydroxyl groups is 1. The summed E-state index contributed by atoms with van der Waals surface area (Å²) in [4.78, 5) is 0. The van der Waals surface area contributed by atoms with Crippen LogP contribution in [-0.4, -0.2) is 31.5 Å². The van der Waals surface area contributed by atoms with Crippen LogP contribution in [0.3, 0.4) is 0 Å². The van der Waals surface area contributed by atoms with Crippen LogP contribution in [-0.2, 0) is 4.74 Å². The maximum absolute atomic E-state index is 9.52. The van der Waals surface area contributed by atoms with Gasteiger partial charge in [-0.3, -0.25) is 0 Å². The zero-order valence-electron chi connectivity index (χ0n) is 10.0. The summed E-state index contributed by atoms with van der Waals surface area (Å²) in [6.07, 6.45) is -0.639. The first-order valence-corrected chi connectivity index (χ1v) is 6.18. The minimum Gasteiger partial charge on any atom is -0.490 e. The van der Waals surface area contributed by atoms with E-state index in [1.54, 1.807) is 0 Å². The Kier molecular flexibility index (Phi) is 5.91. The van der Waals surface area contributed by atoms with Crippen molar-refractivity contribution in [2.75, 3.05) is 20.3 Å². The summed E-state index contributed by atoms with van der Waals surface area (Å²) in [7, 11) is 1.54. The van der Waals surface area contributed by atoms with Crippen LogP contribution in [0.2, 0.25) is 0 Å². The van der Waals surface area contributed by atoms with Crippen molar-refractivity contribution in [1.29, 1.82) is 0 Å². The van der Waals surface area contributed by atoms with E-state index in [1.807, 2.05) is 25.1 Å². The van der Waals surface area contributed by atoms with Gasteiger partial charge in [0.15, 0.2) is 0 Å². The van der Waals surface area contributed by atoms with E-state index in [0.29, 0.717) is 5.75 Å². The number of benzene rings is 1. The number of halogens is 1. The van der Waals surface area contributed by atoms with Crippen LogP contribution in [0.4, 0.5) is 0 Å². The average Bonchev–Trinajstić information content (AvgIpc) is 2.26. The number of rotatable bonds is 6. The van der Waals surface area contributed by atoms with Crippen LogP contribution in [0.1, 0.15) is 18.5 Å². The standard InChI is InChI=1S/C12H18BrNO3/c1-8(14)11-4-3-9(13)5-12(11)17-7-10(15)6-16-2/h3-5,8,10,15H,6-7,14H2,1-2H3/t8-,10?/m1/s1. The zero-order valence-corrected chi connectivity index (χ0v) is 11.6. The molecule has 5 heteroatoms. The molecule has 0 amide bonds. The molecule has 1 unspecified atom stereocenters. The Morgan fingerprint density at radius 3 is 2.71 bits per heavy atom. The molecule has 1 rings (SSSR count). The molecule has 0 saturated carbocycles. The molecule has 2 atom stereocenters. The maximum Gasteiger partial charge on any atom is 0.125 e. The zero-order chi connectivity index (χ0) is 12.8. The topological polar surface area (TPSA) is 64.7 Å². The molecule has 0 bridgehead atoms. The summed E-state index contributed by atoms with van der Waals surface area (Å²) in [6.45, 7) is 2.33. The van der Waals surface area contributed by atoms with Gasteiger partial charge in [0, 0.05) is 23.2 Å². The van der Waals surface area contributed by atoms with Crippen LogP contribution in [0.5, 0.6) is 5.75 Å². The maximum atomic E-state index is 9.52. The minimum atomic E-state index is -0.639. The molecule has 0 aromatic heterocycles. The Hall–Kier alpha value is -0.620. The van der Waals surface area contributed by atoms with E-state index in [2.05, 4.69) is 15.9 Å². The minimum absolute atomic E-state index is 0.113. The summed E-state index contributed by atoms with van der Waals surface area (Å²) < 4.78 is 11.3. The number of hydrogen-bond acceptors (Lipinski definition) is 4. The first kappa shape index (κ1) is 14.4. The molecule has 3 N–H and O–H groups in total. The van der Waals surface area contributed by atoms with E-state index in [-0.39, 0.29) is 19.3 Å². The van der Waals surface area contributed by atoms with Crippen LogP contribution in [0.15, 0.2) is 22.7 Å². The van der Waals surface area contributed by atoms with Gasteiger partial charge >= 0.3 is 0 Å². The molecule has 0 saturated heterocycles. The van der Waals surface area contributed by atoms with Crippen molar-refractivity contribution in [2.24, 2.45) is 5.73 Å². The molecule has 0 spiro atoms. The lowest BCUT2D eigenvalue weighted by atomic mass is 10.1. The number of nitrogens with two attached hydrogens (primary N) is 1. The average molecular weight is 304 g/mol. The van der Waals surface area contributed by atoms with Crippen LogP contribution in [0, 0.1) is 0 Å². The lowest BCUT2D eigenvalue weighted by molar-refractivity contribution is 0.0322.